The number of hydrogen-bond acceptors (Lipinski definition) is 2. The molecule has 0 N–H and O–H groups in total. The van der Waals surface area contributed by atoms with Crippen LogP contribution in [0.4, 0.5) is 0 Å². The largest absolute Gasteiger partial charge is 0.466 e. The van der Waals surface area contributed by atoms with Crippen LogP contribution in [0.15, 0.2) is 91.0 Å². The van der Waals surface area contributed by atoms with Crippen LogP contribution in [0.2, 0.25) is 6.04 Å². The monoisotopic (exact) mass is 428 g/mol. The molecule has 0 unspecified atom stereocenters. The fourth-order valence-corrected chi connectivity index (χ4v) is 9.66. The van der Waals surface area contributed by atoms with Gasteiger partial charge in [0.15, 0.2) is 0 Å². The smallest absolute Gasteiger partial charge is 0.309 e. The van der Waals surface area contributed by atoms with Gasteiger partial charge in [0, 0.05) is 0 Å². The molecule has 0 aliphatic heterocycles. The molecule has 160 valence electrons. The third-order valence-corrected chi connectivity index (χ3v) is 11.3. The molecule has 2 aliphatic carbocycles. The lowest BCUT2D eigenvalue weighted by atomic mass is 10.3. The molecule has 0 radical (unpaired) electrons. The summed E-state index contributed by atoms with van der Waals surface area (Å²) in [6.07, 6.45) is 5.44. The molecule has 5 rings (SSSR count). The molecule has 3 aromatic carbocycles. The Kier molecular flexibility index (Phi) is 7.03. The molecular formula is C28H32O2Si. The van der Waals surface area contributed by atoms with E-state index in [1.807, 2.05) is 6.92 Å². The van der Waals surface area contributed by atoms with Crippen LogP contribution in [0.5, 0.6) is 0 Å². The zero-order valence-corrected chi connectivity index (χ0v) is 19.4. The Labute approximate surface area is 187 Å². The Bertz CT molecular complexity index is 855. The molecule has 2 fully saturated rings. The van der Waals surface area contributed by atoms with Gasteiger partial charge in [-0.1, -0.05) is 110 Å². The molecule has 2 saturated carbocycles. The Hall–Kier alpha value is -2.65. The predicted octanol–water partition coefficient (Wildman–Crippen LogP) is 4.53. The Morgan fingerprint density at radius 3 is 1.55 bits per heavy atom. The quantitative estimate of drug-likeness (QED) is 0.314. The lowest BCUT2D eigenvalue weighted by Crippen LogP contribution is -2.67. The maximum absolute atomic E-state index is 12.3. The van der Waals surface area contributed by atoms with E-state index >= 15 is 0 Å². The number of carbonyl (C=O) groups excluding carboxylic acids is 1. The molecule has 2 nitrogen and oxygen atoms in total. The number of ether oxygens (including phenoxy) is 1. The summed E-state index contributed by atoms with van der Waals surface area (Å²) in [5, 5.41) is 4.21. The van der Waals surface area contributed by atoms with E-state index in [-0.39, 0.29) is 11.9 Å². The molecule has 2 aliphatic rings. The minimum absolute atomic E-state index is 0.0235. The van der Waals surface area contributed by atoms with E-state index in [1.165, 1.54) is 34.8 Å². The molecule has 3 aromatic rings. The number of hydrogen-bond donors (Lipinski definition) is 0. The van der Waals surface area contributed by atoms with Crippen LogP contribution in [0.25, 0.3) is 0 Å². The van der Waals surface area contributed by atoms with Gasteiger partial charge in [-0.05, 0) is 40.9 Å². The summed E-state index contributed by atoms with van der Waals surface area (Å²) in [4.78, 5) is 12.3. The highest BCUT2D eigenvalue weighted by molar-refractivity contribution is 7.11. The molecule has 3 heteroatoms. The first-order chi connectivity index (χ1) is 15.3. The fraction of sp³-hybridized carbons (Fsp3) is 0.321. The molecular weight excluding hydrogens is 396 g/mol. The SMILES string of the molecule is C1CC1.CCOC(=O)[C@H]1C[C@@H]1C[Si](c1ccccc1)(c1ccccc1)c1ccccc1. The lowest BCUT2D eigenvalue weighted by Gasteiger charge is -2.34. The number of rotatable bonds is 7. The molecule has 0 spiro atoms. The van der Waals surface area contributed by atoms with Gasteiger partial charge in [0.25, 0.3) is 0 Å². The van der Waals surface area contributed by atoms with Crippen LogP contribution in [0.1, 0.15) is 32.6 Å². The molecule has 0 heterocycles. The van der Waals surface area contributed by atoms with Crippen molar-refractivity contribution >= 4 is 29.6 Å². The second kappa shape index (κ2) is 10.1. The van der Waals surface area contributed by atoms with Gasteiger partial charge in [0.2, 0.25) is 0 Å². The number of esters is 1. The normalized spacial score (nSPS) is 19.0. The van der Waals surface area contributed by atoms with Crippen molar-refractivity contribution in [1.29, 1.82) is 0 Å². The second-order valence-corrected chi connectivity index (χ2v) is 12.6. The van der Waals surface area contributed by atoms with Crippen molar-refractivity contribution in [2.24, 2.45) is 11.8 Å². The summed E-state index contributed by atoms with van der Waals surface area (Å²) < 4.78 is 5.30. The highest BCUT2D eigenvalue weighted by Gasteiger charge is 2.51. The van der Waals surface area contributed by atoms with Crippen LogP contribution in [0.3, 0.4) is 0 Å². The highest BCUT2D eigenvalue weighted by atomic mass is 28.3. The van der Waals surface area contributed by atoms with Crippen LogP contribution in [-0.4, -0.2) is 20.7 Å². The first-order valence-corrected chi connectivity index (χ1v) is 13.8. The summed E-state index contributed by atoms with van der Waals surface area (Å²) >= 11 is 0. The van der Waals surface area contributed by atoms with E-state index in [9.17, 15) is 4.79 Å². The Morgan fingerprint density at radius 1 is 0.774 bits per heavy atom. The van der Waals surface area contributed by atoms with Crippen LogP contribution >= 0.6 is 0 Å². The van der Waals surface area contributed by atoms with Crippen molar-refractivity contribution in [3.8, 4) is 0 Å². The molecule has 0 amide bonds. The maximum atomic E-state index is 12.3. The number of benzene rings is 3. The molecule has 0 aromatic heterocycles. The van der Waals surface area contributed by atoms with Gasteiger partial charge in [-0.25, -0.2) is 0 Å². The van der Waals surface area contributed by atoms with Crippen molar-refractivity contribution < 1.29 is 9.53 Å². The van der Waals surface area contributed by atoms with Crippen molar-refractivity contribution in [3.63, 3.8) is 0 Å². The molecule has 0 saturated heterocycles. The van der Waals surface area contributed by atoms with Crippen LogP contribution < -0.4 is 15.6 Å². The van der Waals surface area contributed by atoms with E-state index in [1.54, 1.807) is 0 Å². The van der Waals surface area contributed by atoms with Gasteiger partial charge in [0.05, 0.1) is 12.5 Å². The summed E-state index contributed by atoms with van der Waals surface area (Å²) in [5.74, 6) is 0.430. The third kappa shape index (κ3) is 5.16. The van der Waals surface area contributed by atoms with Gasteiger partial charge in [-0.15, -0.1) is 0 Å². The van der Waals surface area contributed by atoms with Gasteiger partial charge >= 0.3 is 5.97 Å². The Morgan fingerprint density at radius 2 is 1.19 bits per heavy atom. The minimum atomic E-state index is -2.24. The topological polar surface area (TPSA) is 26.3 Å². The third-order valence-electron chi connectivity index (χ3n) is 6.23. The van der Waals surface area contributed by atoms with E-state index in [0.29, 0.717) is 12.5 Å². The minimum Gasteiger partial charge on any atom is -0.466 e. The first kappa shape index (κ1) is 21.6. The molecule has 0 bridgehead atoms. The van der Waals surface area contributed by atoms with E-state index in [0.717, 1.165) is 12.5 Å². The average Bonchev–Trinajstić information content (AvgIpc) is 3.74. The highest BCUT2D eigenvalue weighted by Crippen LogP contribution is 2.45. The van der Waals surface area contributed by atoms with E-state index in [2.05, 4.69) is 91.0 Å². The zero-order chi connectivity index (χ0) is 21.5. The fourth-order valence-electron chi connectivity index (χ4n) is 4.43. The van der Waals surface area contributed by atoms with Crippen LogP contribution in [0, 0.1) is 11.8 Å². The van der Waals surface area contributed by atoms with Crippen LogP contribution in [-0.2, 0) is 9.53 Å². The maximum Gasteiger partial charge on any atom is 0.309 e. The first-order valence-electron chi connectivity index (χ1n) is 11.6. The average molecular weight is 429 g/mol. The standard InChI is InChI=1S/C25H26O2Si.C3H6/c1-2-27-25(26)24-18-20(24)19-28(21-12-6-3-7-13-21,22-14-8-4-9-15-22)23-16-10-5-11-17-23;1-2-3-1/h3-17,20,24H,2,18-19H2,1H3;1-3H2/t20-,24+;/m1./s1. The van der Waals surface area contributed by atoms with Crippen molar-refractivity contribution in [2.45, 2.75) is 38.7 Å². The summed E-state index contributed by atoms with van der Waals surface area (Å²) in [5.41, 5.74) is 0. The summed E-state index contributed by atoms with van der Waals surface area (Å²) in [6, 6.07) is 33.7. The van der Waals surface area contributed by atoms with Gasteiger partial charge < -0.3 is 4.74 Å². The predicted molar refractivity (Wildman–Crippen MR) is 131 cm³/mol. The molecule has 2 atom stereocenters. The lowest BCUT2D eigenvalue weighted by molar-refractivity contribution is -0.144. The van der Waals surface area contributed by atoms with Gasteiger partial charge in [0.1, 0.15) is 8.07 Å². The van der Waals surface area contributed by atoms with E-state index in [4.69, 9.17) is 4.74 Å². The van der Waals surface area contributed by atoms with Gasteiger partial charge in [-0.2, -0.15) is 0 Å². The van der Waals surface area contributed by atoms with Crippen molar-refractivity contribution in [2.75, 3.05) is 6.61 Å². The Balaban J connectivity index is 0.000000710. The second-order valence-electron chi connectivity index (χ2n) is 8.62. The molecule has 31 heavy (non-hydrogen) atoms. The van der Waals surface area contributed by atoms with Gasteiger partial charge in [-0.3, -0.25) is 4.79 Å². The summed E-state index contributed by atoms with van der Waals surface area (Å²) in [7, 11) is -2.24. The van der Waals surface area contributed by atoms with E-state index < -0.39 is 8.07 Å². The number of carbonyl (C=O) groups is 1. The zero-order valence-electron chi connectivity index (χ0n) is 18.4. The van der Waals surface area contributed by atoms with Crippen molar-refractivity contribution in [1.82, 2.24) is 0 Å². The summed E-state index contributed by atoms with van der Waals surface area (Å²) in [6.45, 7) is 2.34. The van der Waals surface area contributed by atoms with Crippen molar-refractivity contribution in [3.05, 3.63) is 91.0 Å².